The van der Waals surface area contributed by atoms with E-state index in [1.54, 1.807) is 7.11 Å². The third-order valence-electron chi connectivity index (χ3n) is 7.93. The minimum atomic E-state index is -0.0766. The molecule has 0 amide bonds. The lowest BCUT2D eigenvalue weighted by molar-refractivity contribution is -0.905. The highest BCUT2D eigenvalue weighted by atomic mass is 16.7. The van der Waals surface area contributed by atoms with Gasteiger partial charge in [0.05, 0.1) is 26.3 Å². The van der Waals surface area contributed by atoms with Crippen LogP contribution in [0.25, 0.3) is 11.0 Å². The molecule has 6 rings (SSSR count). The van der Waals surface area contributed by atoms with Gasteiger partial charge in [-0.15, -0.1) is 0 Å². The zero-order valence-electron chi connectivity index (χ0n) is 22.5. The summed E-state index contributed by atoms with van der Waals surface area (Å²) in [5, 5.41) is 1.19. The summed E-state index contributed by atoms with van der Waals surface area (Å²) in [7, 11) is 3.87. The number of quaternary nitrogens is 1. The average molecular weight is 503 g/mol. The van der Waals surface area contributed by atoms with Gasteiger partial charge in [-0.2, -0.15) is 0 Å². The molecule has 6 nitrogen and oxygen atoms in total. The number of rotatable bonds is 3. The Morgan fingerprint density at radius 2 is 1.92 bits per heavy atom. The molecule has 0 radical (unpaired) electrons. The van der Waals surface area contributed by atoms with Gasteiger partial charge in [0.2, 0.25) is 12.5 Å². The van der Waals surface area contributed by atoms with E-state index >= 15 is 0 Å². The van der Waals surface area contributed by atoms with Crippen molar-refractivity contribution < 1.29 is 28.3 Å². The predicted octanol–water partition coefficient (Wildman–Crippen LogP) is 4.54. The third-order valence-corrected chi connectivity index (χ3v) is 7.93. The molecular weight excluding hydrogens is 466 g/mol. The van der Waals surface area contributed by atoms with Crippen molar-refractivity contribution in [2.75, 3.05) is 34.1 Å². The van der Waals surface area contributed by atoms with E-state index in [9.17, 15) is 0 Å². The Balaban J connectivity index is 1.31. The van der Waals surface area contributed by atoms with Gasteiger partial charge in [0, 0.05) is 29.4 Å². The van der Waals surface area contributed by atoms with E-state index < -0.39 is 0 Å². The Labute approximate surface area is 218 Å². The van der Waals surface area contributed by atoms with Crippen molar-refractivity contribution in [2.45, 2.75) is 64.3 Å². The lowest BCUT2D eigenvalue weighted by Gasteiger charge is -2.30. The number of ether oxygens (including phenoxy) is 4. The van der Waals surface area contributed by atoms with Crippen molar-refractivity contribution >= 4 is 11.0 Å². The van der Waals surface area contributed by atoms with Crippen LogP contribution in [-0.2, 0) is 24.7 Å². The fourth-order valence-corrected chi connectivity index (χ4v) is 5.97. The quantitative estimate of drug-likeness (QED) is 0.533. The number of fused-ring (bicyclic) bond motifs is 5. The van der Waals surface area contributed by atoms with Gasteiger partial charge in [0.25, 0.3) is 0 Å². The summed E-state index contributed by atoms with van der Waals surface area (Å²) in [4.78, 5) is 1.33. The van der Waals surface area contributed by atoms with Crippen LogP contribution >= 0.6 is 0 Å². The van der Waals surface area contributed by atoms with Crippen molar-refractivity contribution in [2.24, 2.45) is 0 Å². The summed E-state index contributed by atoms with van der Waals surface area (Å²) in [6.07, 6.45) is 5.47. The number of nitrogens with one attached hydrogen (secondary N) is 1. The summed E-state index contributed by atoms with van der Waals surface area (Å²) >= 11 is 0. The van der Waals surface area contributed by atoms with Crippen molar-refractivity contribution in [1.29, 1.82) is 0 Å². The molecule has 6 heteroatoms. The number of benzene rings is 2. The standard InChI is InChI=1S/C31H35NO5/c1-31(2,3)22-17-25-21(20-9-6-7-11-24(20)37-25)16-26(22)34-14-8-10-23-28-19(12-13-32(23)4)15-27-29(30(28)33-5)36-18-35-27/h15-17,23H,6-7,9,11-14,18H2,1-5H3/p+1/t23-/m0/s1. The highest BCUT2D eigenvalue weighted by Gasteiger charge is 2.35. The lowest BCUT2D eigenvalue weighted by atomic mass is 9.85. The molecule has 1 N–H and O–H groups in total. The lowest BCUT2D eigenvalue weighted by Crippen LogP contribution is -3.10. The normalized spacial score (nSPS) is 20.1. The molecule has 3 heterocycles. The van der Waals surface area contributed by atoms with Gasteiger partial charge in [-0.05, 0) is 54.4 Å². The first-order valence-corrected chi connectivity index (χ1v) is 13.4. The number of likely N-dealkylation sites (N-methyl/N-ethyl adjacent to an activating group) is 1. The maximum atomic E-state index is 6.38. The van der Waals surface area contributed by atoms with Gasteiger partial charge in [-0.1, -0.05) is 26.7 Å². The Morgan fingerprint density at radius 3 is 2.73 bits per heavy atom. The van der Waals surface area contributed by atoms with E-state index in [4.69, 9.17) is 23.4 Å². The molecular formula is C31H36NO5+. The fraction of sp³-hybridized carbons (Fsp3) is 0.484. The number of hydrogen-bond acceptors (Lipinski definition) is 5. The van der Waals surface area contributed by atoms with Crippen LogP contribution in [0.15, 0.2) is 22.6 Å². The Bertz CT molecular complexity index is 1420. The molecule has 0 saturated heterocycles. The molecule has 37 heavy (non-hydrogen) atoms. The van der Waals surface area contributed by atoms with Gasteiger partial charge < -0.3 is 28.3 Å². The molecule has 194 valence electrons. The Morgan fingerprint density at radius 1 is 1.08 bits per heavy atom. The number of furan rings is 1. The van der Waals surface area contributed by atoms with Crippen LogP contribution in [0.2, 0.25) is 0 Å². The van der Waals surface area contributed by atoms with E-state index in [1.165, 1.54) is 34.3 Å². The zero-order valence-corrected chi connectivity index (χ0v) is 22.5. The summed E-state index contributed by atoms with van der Waals surface area (Å²) < 4.78 is 29.8. The van der Waals surface area contributed by atoms with Gasteiger partial charge in [0.1, 0.15) is 23.7 Å². The summed E-state index contributed by atoms with van der Waals surface area (Å²) in [6, 6.07) is 6.43. The minimum absolute atomic E-state index is 0.0257. The first kappa shape index (κ1) is 24.1. The topological polar surface area (TPSA) is 54.5 Å². The SMILES string of the molecule is COc1c2c(cc3c1[C@H](C#CCOc1cc4c5c(oc4cc1C(C)(C)C)CCCC5)[NH+](C)CC3)OCO2. The van der Waals surface area contributed by atoms with E-state index in [1.807, 2.05) is 0 Å². The highest BCUT2D eigenvalue weighted by Crippen LogP contribution is 2.47. The maximum absolute atomic E-state index is 6.38. The van der Waals surface area contributed by atoms with Crippen LogP contribution in [0.3, 0.4) is 0 Å². The number of methoxy groups -OCH3 is 1. The molecule has 2 atom stereocenters. The second-order valence-corrected chi connectivity index (χ2v) is 11.4. The van der Waals surface area contributed by atoms with Crippen molar-refractivity contribution in [3.8, 4) is 34.8 Å². The van der Waals surface area contributed by atoms with Crippen LogP contribution in [0.1, 0.15) is 67.7 Å². The van der Waals surface area contributed by atoms with Gasteiger partial charge in [-0.3, -0.25) is 0 Å². The van der Waals surface area contributed by atoms with Crippen molar-refractivity contribution in [3.63, 3.8) is 0 Å². The fourth-order valence-electron chi connectivity index (χ4n) is 5.97. The zero-order chi connectivity index (χ0) is 25.7. The molecule has 2 aromatic carbocycles. The average Bonchev–Trinajstić information content (AvgIpc) is 3.49. The predicted molar refractivity (Wildman–Crippen MR) is 142 cm³/mol. The molecule has 3 aromatic rings. The van der Waals surface area contributed by atoms with Gasteiger partial charge >= 0.3 is 0 Å². The van der Waals surface area contributed by atoms with E-state index in [2.05, 4.69) is 57.9 Å². The summed E-state index contributed by atoms with van der Waals surface area (Å²) in [5.74, 6) is 11.1. The molecule has 0 bridgehead atoms. The van der Waals surface area contributed by atoms with E-state index in [0.29, 0.717) is 12.4 Å². The Hall–Kier alpha value is -3.30. The highest BCUT2D eigenvalue weighted by molar-refractivity contribution is 5.85. The van der Waals surface area contributed by atoms with E-state index in [-0.39, 0.29) is 18.2 Å². The Kier molecular flexibility index (Phi) is 6.00. The first-order valence-electron chi connectivity index (χ1n) is 13.4. The van der Waals surface area contributed by atoms with Crippen LogP contribution in [0.4, 0.5) is 0 Å². The van der Waals surface area contributed by atoms with Crippen LogP contribution in [-0.4, -0.2) is 34.1 Å². The van der Waals surface area contributed by atoms with Crippen molar-refractivity contribution in [3.05, 3.63) is 46.2 Å². The smallest absolute Gasteiger partial charge is 0.231 e. The van der Waals surface area contributed by atoms with Crippen LogP contribution < -0.4 is 23.8 Å². The molecule has 3 aliphatic rings. The molecule has 1 aromatic heterocycles. The first-order chi connectivity index (χ1) is 17.8. The molecule has 1 aliphatic carbocycles. The third kappa shape index (κ3) is 4.20. The second kappa shape index (κ2) is 9.22. The maximum Gasteiger partial charge on any atom is 0.231 e. The van der Waals surface area contributed by atoms with Crippen LogP contribution in [0, 0.1) is 11.8 Å². The minimum Gasteiger partial charge on any atom is -0.492 e. The molecule has 1 unspecified atom stereocenters. The summed E-state index contributed by atoms with van der Waals surface area (Å²) in [5.41, 5.74) is 5.72. The van der Waals surface area contributed by atoms with Gasteiger partial charge in [-0.25, -0.2) is 0 Å². The molecule has 0 saturated carbocycles. The van der Waals surface area contributed by atoms with Crippen molar-refractivity contribution in [1.82, 2.24) is 0 Å². The molecule has 0 spiro atoms. The second-order valence-electron chi connectivity index (χ2n) is 11.4. The number of hydrogen-bond donors (Lipinski definition) is 1. The molecule has 0 fully saturated rings. The van der Waals surface area contributed by atoms with Gasteiger partial charge in [0.15, 0.2) is 17.5 Å². The monoisotopic (exact) mass is 502 g/mol. The summed E-state index contributed by atoms with van der Waals surface area (Å²) in [6.45, 7) is 8.17. The number of aryl methyl sites for hydroxylation is 2. The molecule has 2 aliphatic heterocycles. The van der Waals surface area contributed by atoms with Crippen LogP contribution in [0.5, 0.6) is 23.0 Å². The van der Waals surface area contributed by atoms with E-state index in [0.717, 1.165) is 65.5 Å². The largest absolute Gasteiger partial charge is 0.492 e.